The van der Waals surface area contributed by atoms with E-state index in [0.717, 1.165) is 11.3 Å². The Hall–Kier alpha value is -0.830. The molecule has 3 heteroatoms. The Balaban J connectivity index is 4.44. The van der Waals surface area contributed by atoms with Gasteiger partial charge in [-0.25, -0.2) is 0 Å². The third kappa shape index (κ3) is 2.64. The number of aliphatic imine (C=N–C) groups is 1. The second kappa shape index (κ2) is 4.06. The largest absolute Gasteiger partial charge is 0.402 e. The maximum atomic E-state index is 5.59. The van der Waals surface area contributed by atoms with Crippen LogP contribution in [0.4, 0.5) is 0 Å². The molecule has 3 nitrogen and oxygen atoms in total. The summed E-state index contributed by atoms with van der Waals surface area (Å²) in [6.07, 6.45) is 1.69. The van der Waals surface area contributed by atoms with Crippen molar-refractivity contribution in [3.05, 3.63) is 11.3 Å². The highest BCUT2D eigenvalue weighted by molar-refractivity contribution is 5.80. The van der Waals surface area contributed by atoms with E-state index in [-0.39, 0.29) is 6.04 Å². The lowest BCUT2D eigenvalue weighted by Gasteiger charge is -2.06. The number of nitrogens with two attached hydrogens (primary N) is 2. The molecular weight excluding hydrogens is 126 g/mol. The number of rotatable bonds is 2. The molecule has 4 N–H and O–H groups in total. The van der Waals surface area contributed by atoms with E-state index in [1.165, 1.54) is 0 Å². The third-order valence-corrected chi connectivity index (χ3v) is 1.21. The van der Waals surface area contributed by atoms with Gasteiger partial charge in [0.1, 0.15) is 0 Å². The van der Waals surface area contributed by atoms with Crippen molar-refractivity contribution < 1.29 is 0 Å². The van der Waals surface area contributed by atoms with E-state index in [1.54, 1.807) is 13.3 Å². The number of nitrogens with zero attached hydrogens (tertiary/aromatic N) is 1. The van der Waals surface area contributed by atoms with Crippen LogP contribution >= 0.6 is 0 Å². The van der Waals surface area contributed by atoms with Gasteiger partial charge in [0.15, 0.2) is 0 Å². The molecule has 1 unspecified atom stereocenters. The van der Waals surface area contributed by atoms with Crippen molar-refractivity contribution in [1.29, 1.82) is 0 Å². The van der Waals surface area contributed by atoms with Gasteiger partial charge in [0, 0.05) is 30.6 Å². The van der Waals surface area contributed by atoms with E-state index in [1.807, 2.05) is 13.8 Å². The van der Waals surface area contributed by atoms with E-state index in [2.05, 4.69) is 4.99 Å². The topological polar surface area (TPSA) is 64.4 Å². The van der Waals surface area contributed by atoms with Gasteiger partial charge < -0.3 is 11.5 Å². The molecule has 0 spiro atoms. The molecule has 0 heterocycles. The molecule has 0 aliphatic carbocycles. The van der Waals surface area contributed by atoms with Crippen molar-refractivity contribution in [1.82, 2.24) is 0 Å². The molecule has 0 aromatic heterocycles. The van der Waals surface area contributed by atoms with Crippen molar-refractivity contribution in [2.75, 3.05) is 7.05 Å². The highest BCUT2D eigenvalue weighted by Gasteiger charge is 2.01. The summed E-state index contributed by atoms with van der Waals surface area (Å²) in [4.78, 5) is 3.84. The predicted molar refractivity (Wildman–Crippen MR) is 45.0 cm³/mol. The molecule has 0 fully saturated rings. The van der Waals surface area contributed by atoms with Crippen LogP contribution in [0.25, 0.3) is 0 Å². The van der Waals surface area contributed by atoms with Crippen LogP contribution in [-0.4, -0.2) is 19.3 Å². The molecule has 0 bridgehead atoms. The molecule has 0 saturated carbocycles. The van der Waals surface area contributed by atoms with Crippen LogP contribution < -0.4 is 11.5 Å². The Labute approximate surface area is 61.8 Å². The first kappa shape index (κ1) is 9.17. The van der Waals surface area contributed by atoms with Gasteiger partial charge >= 0.3 is 0 Å². The molecule has 1 atom stereocenters. The van der Waals surface area contributed by atoms with E-state index in [9.17, 15) is 0 Å². The molecule has 10 heavy (non-hydrogen) atoms. The summed E-state index contributed by atoms with van der Waals surface area (Å²) in [6, 6.07) is -0.0336. The fourth-order valence-electron chi connectivity index (χ4n) is 0.718. The van der Waals surface area contributed by atoms with Crippen molar-refractivity contribution in [2.45, 2.75) is 19.9 Å². The fourth-order valence-corrected chi connectivity index (χ4v) is 0.718. The second-order valence-corrected chi connectivity index (χ2v) is 2.31. The normalized spacial score (nSPS) is 17.2. The minimum absolute atomic E-state index is 0.0336. The molecule has 0 aromatic carbocycles. The molecule has 0 aliphatic rings. The third-order valence-electron chi connectivity index (χ3n) is 1.21. The van der Waals surface area contributed by atoms with Crippen molar-refractivity contribution in [3.8, 4) is 0 Å². The van der Waals surface area contributed by atoms with E-state index < -0.39 is 0 Å². The van der Waals surface area contributed by atoms with Gasteiger partial charge in [-0.3, -0.25) is 4.99 Å². The first-order valence-corrected chi connectivity index (χ1v) is 3.23. The zero-order valence-corrected chi connectivity index (χ0v) is 6.76. The van der Waals surface area contributed by atoms with Gasteiger partial charge in [-0.2, -0.15) is 0 Å². The minimum atomic E-state index is -0.0336. The van der Waals surface area contributed by atoms with Crippen LogP contribution in [0.3, 0.4) is 0 Å². The average molecular weight is 141 g/mol. The Morgan fingerprint density at radius 2 is 2.10 bits per heavy atom. The van der Waals surface area contributed by atoms with Crippen molar-refractivity contribution in [2.24, 2.45) is 16.5 Å². The maximum absolute atomic E-state index is 5.59. The quantitative estimate of drug-likeness (QED) is 0.542. The van der Waals surface area contributed by atoms with Crippen LogP contribution in [0.1, 0.15) is 13.8 Å². The Morgan fingerprint density at radius 1 is 1.60 bits per heavy atom. The molecule has 0 saturated heterocycles. The second-order valence-electron chi connectivity index (χ2n) is 2.31. The van der Waals surface area contributed by atoms with E-state index >= 15 is 0 Å². The van der Waals surface area contributed by atoms with Gasteiger partial charge in [-0.1, -0.05) is 0 Å². The van der Waals surface area contributed by atoms with Crippen LogP contribution in [0.5, 0.6) is 0 Å². The molecule has 0 amide bonds. The zero-order valence-electron chi connectivity index (χ0n) is 6.76. The van der Waals surface area contributed by atoms with Gasteiger partial charge in [0.25, 0.3) is 0 Å². The van der Waals surface area contributed by atoms with Gasteiger partial charge in [0.05, 0.1) is 0 Å². The standard InChI is InChI=1S/C7H15N3/c1-5(8)7(4-10-3)6(2)9/h4-5H,8-9H2,1-3H3/b7-6+,10-4?. The minimum Gasteiger partial charge on any atom is -0.402 e. The summed E-state index contributed by atoms with van der Waals surface area (Å²) >= 11 is 0. The first-order valence-electron chi connectivity index (χ1n) is 3.23. The highest BCUT2D eigenvalue weighted by Crippen LogP contribution is 1.98. The van der Waals surface area contributed by atoms with Crippen LogP contribution in [0.15, 0.2) is 16.3 Å². The van der Waals surface area contributed by atoms with Crippen molar-refractivity contribution >= 4 is 6.21 Å². The lowest BCUT2D eigenvalue weighted by molar-refractivity contribution is 0.883. The van der Waals surface area contributed by atoms with Crippen LogP contribution in [0.2, 0.25) is 0 Å². The van der Waals surface area contributed by atoms with Crippen LogP contribution in [-0.2, 0) is 0 Å². The SMILES string of the molecule is CN=C/C(=C(/C)N)C(C)N. The molecule has 58 valence electrons. The summed E-state index contributed by atoms with van der Waals surface area (Å²) in [5, 5.41) is 0. The monoisotopic (exact) mass is 141 g/mol. The molecule has 0 aromatic rings. The summed E-state index contributed by atoms with van der Waals surface area (Å²) in [5.41, 5.74) is 12.8. The first-order chi connectivity index (χ1) is 4.59. The van der Waals surface area contributed by atoms with Crippen LogP contribution in [0, 0.1) is 0 Å². The number of hydrogen-bond acceptors (Lipinski definition) is 3. The molecule has 0 aliphatic heterocycles. The summed E-state index contributed by atoms with van der Waals surface area (Å²) < 4.78 is 0. The van der Waals surface area contributed by atoms with E-state index in [4.69, 9.17) is 11.5 Å². The maximum Gasteiger partial charge on any atom is 0.0298 e. The highest BCUT2D eigenvalue weighted by atomic mass is 14.7. The van der Waals surface area contributed by atoms with E-state index in [0.29, 0.717) is 0 Å². The smallest absolute Gasteiger partial charge is 0.0298 e. The average Bonchev–Trinajstić information content (AvgIpc) is 1.81. The number of allylic oxidation sites excluding steroid dienone is 1. The summed E-state index contributed by atoms with van der Waals surface area (Å²) in [7, 11) is 1.70. The Bertz CT molecular complexity index is 152. The molecule has 0 rings (SSSR count). The molecular formula is C7H15N3. The lowest BCUT2D eigenvalue weighted by atomic mass is 10.1. The van der Waals surface area contributed by atoms with Crippen molar-refractivity contribution in [3.63, 3.8) is 0 Å². The molecule has 0 radical (unpaired) electrons. The zero-order chi connectivity index (χ0) is 8.15. The Kier molecular flexibility index (Phi) is 3.72. The summed E-state index contributed by atoms with van der Waals surface area (Å²) in [6.45, 7) is 3.70. The predicted octanol–water partition coefficient (Wildman–Crippen LogP) is 0.267. The van der Waals surface area contributed by atoms with Gasteiger partial charge in [-0.15, -0.1) is 0 Å². The number of hydrogen-bond donors (Lipinski definition) is 2. The Morgan fingerprint density at radius 3 is 2.20 bits per heavy atom. The summed E-state index contributed by atoms with van der Waals surface area (Å²) in [5.74, 6) is 0. The van der Waals surface area contributed by atoms with Gasteiger partial charge in [-0.05, 0) is 13.8 Å². The lowest BCUT2D eigenvalue weighted by Crippen LogP contribution is -2.22. The van der Waals surface area contributed by atoms with Gasteiger partial charge in [0.2, 0.25) is 0 Å². The fraction of sp³-hybridized carbons (Fsp3) is 0.571.